The molecule has 6 N–H and O–H groups in total. The predicted molar refractivity (Wildman–Crippen MR) is 126 cm³/mol. The summed E-state index contributed by atoms with van der Waals surface area (Å²) in [4.78, 5) is 63.9. The maximum atomic E-state index is 12.5. The van der Waals surface area contributed by atoms with Crippen LogP contribution in [0.4, 0.5) is 0 Å². The average molecular weight is 674 g/mol. The van der Waals surface area contributed by atoms with Crippen LogP contribution >= 0.6 is 15.6 Å². The number of hydrogen-bond acceptors (Lipinski definition) is 16. The van der Waals surface area contributed by atoms with Gasteiger partial charge in [-0.1, -0.05) is 5.11 Å². The van der Waals surface area contributed by atoms with Gasteiger partial charge in [0.2, 0.25) is 5.91 Å². The standard InChI is InChI=1S/C18H28N6O15P2.2Na/c1-7(25)21-12-9(4-8(5-20-23-19)13(27)15(12)29)38-41(34,35)39-40(32,33)36-6-10-14(28)16(30)17(37-10)24-3-2-11(26)22-18(24)31;;/h2-3,8-10,12-17,27-30H,4-6H2,1H3,(H,21,25)(H,32,33)(H,34,35)(H,22,26,31);;/q;2*+1/p-2. The van der Waals surface area contributed by atoms with E-state index in [-0.39, 0.29) is 59.1 Å². The zero-order valence-electron chi connectivity index (χ0n) is 22.9. The van der Waals surface area contributed by atoms with Gasteiger partial charge in [0.15, 0.2) is 6.23 Å². The molecule has 1 aromatic rings. The van der Waals surface area contributed by atoms with Crippen LogP contribution in [0.5, 0.6) is 0 Å². The van der Waals surface area contributed by atoms with Gasteiger partial charge in [0.05, 0.1) is 24.9 Å². The number of aliphatic hydroxyl groups is 4. The smallest absolute Gasteiger partial charge is 0.756 e. The van der Waals surface area contributed by atoms with Crippen LogP contribution in [0.2, 0.25) is 0 Å². The molecule has 230 valence electrons. The van der Waals surface area contributed by atoms with Gasteiger partial charge in [-0.05, 0) is 17.9 Å². The number of ether oxygens (including phenoxy) is 1. The summed E-state index contributed by atoms with van der Waals surface area (Å²) in [6.45, 7) is -0.495. The second-order valence-electron chi connectivity index (χ2n) is 9.10. The topological polar surface area (TPSA) is 331 Å². The van der Waals surface area contributed by atoms with Crippen LogP contribution in [0.15, 0.2) is 27.0 Å². The third kappa shape index (κ3) is 10.8. The summed E-state index contributed by atoms with van der Waals surface area (Å²) in [5.41, 5.74) is 6.74. The predicted octanol–water partition coefficient (Wildman–Crippen LogP) is -9.92. The number of aliphatic hydroxyl groups excluding tert-OH is 4. The van der Waals surface area contributed by atoms with Crippen molar-refractivity contribution in [1.29, 1.82) is 0 Å². The minimum Gasteiger partial charge on any atom is -0.756 e. The molecule has 0 aromatic carbocycles. The molecule has 1 saturated heterocycles. The van der Waals surface area contributed by atoms with E-state index in [9.17, 15) is 53.7 Å². The maximum Gasteiger partial charge on any atom is 1.00 e. The molecule has 0 spiro atoms. The summed E-state index contributed by atoms with van der Waals surface area (Å²) >= 11 is 0. The molecule has 0 radical (unpaired) electrons. The normalized spacial score (nSPS) is 33.0. The van der Waals surface area contributed by atoms with Crippen molar-refractivity contribution in [2.45, 2.75) is 62.2 Å². The number of azide groups is 1. The van der Waals surface area contributed by atoms with Crippen molar-refractivity contribution in [2.24, 2.45) is 11.0 Å². The first-order valence-electron chi connectivity index (χ1n) is 11.7. The Balaban J connectivity index is 0.00000462. The number of rotatable bonds is 11. The van der Waals surface area contributed by atoms with Crippen molar-refractivity contribution >= 4 is 21.6 Å². The summed E-state index contributed by atoms with van der Waals surface area (Å²) in [5, 5.41) is 46.5. The van der Waals surface area contributed by atoms with Gasteiger partial charge in [0.1, 0.15) is 24.4 Å². The van der Waals surface area contributed by atoms with E-state index in [0.717, 1.165) is 19.2 Å². The molecule has 0 bridgehead atoms. The van der Waals surface area contributed by atoms with Crippen molar-refractivity contribution in [2.75, 3.05) is 13.2 Å². The molecule has 2 aliphatic rings. The zero-order valence-corrected chi connectivity index (χ0v) is 28.7. The third-order valence-corrected chi connectivity index (χ3v) is 8.80. The summed E-state index contributed by atoms with van der Waals surface area (Å²) in [7, 11) is -11.7. The Labute approximate surface area is 285 Å². The number of nitrogens with zero attached hydrogens (tertiary/aromatic N) is 4. The minimum atomic E-state index is -5.85. The van der Waals surface area contributed by atoms with Crippen molar-refractivity contribution in [3.05, 3.63) is 43.5 Å². The second kappa shape index (κ2) is 16.9. The van der Waals surface area contributed by atoms with E-state index in [1.807, 2.05) is 4.98 Å². The van der Waals surface area contributed by atoms with Gasteiger partial charge in [0, 0.05) is 30.6 Å². The molecule has 25 heteroatoms. The maximum absolute atomic E-state index is 12.5. The summed E-state index contributed by atoms with van der Waals surface area (Å²) in [6, 6.07) is -0.639. The number of nitrogens with one attached hydrogen (secondary N) is 2. The Morgan fingerprint density at radius 2 is 1.84 bits per heavy atom. The van der Waals surface area contributed by atoms with Gasteiger partial charge in [-0.2, -0.15) is 0 Å². The summed E-state index contributed by atoms with van der Waals surface area (Å²) < 4.78 is 44.0. The number of aromatic nitrogens is 2. The Morgan fingerprint density at radius 1 is 1.19 bits per heavy atom. The average Bonchev–Trinajstić information content (AvgIpc) is 3.14. The van der Waals surface area contributed by atoms with Crippen LogP contribution in [0.1, 0.15) is 19.6 Å². The first-order chi connectivity index (χ1) is 19.0. The molecule has 1 aromatic heterocycles. The fraction of sp³-hybridized carbons (Fsp3) is 0.722. The van der Waals surface area contributed by atoms with E-state index in [1.54, 1.807) is 0 Å². The SMILES string of the molecule is CC(=O)NC1C(OP(=O)([O-])OP(=O)([O-])OCC2OC(n3ccc(=O)[nH]c3=O)C(O)C2O)CC(CN=[N+]=[N-])C(O)C1O.[Na+].[Na+]. The van der Waals surface area contributed by atoms with E-state index in [1.165, 1.54) is 0 Å². The number of H-pyrrole nitrogens is 1. The number of amides is 1. The van der Waals surface area contributed by atoms with Crippen LogP contribution in [0.25, 0.3) is 10.4 Å². The van der Waals surface area contributed by atoms with Crippen LogP contribution in [0.3, 0.4) is 0 Å². The molecule has 2 heterocycles. The number of hydrogen-bond donors (Lipinski definition) is 6. The Morgan fingerprint density at radius 3 is 2.42 bits per heavy atom. The van der Waals surface area contributed by atoms with Crippen molar-refractivity contribution in [3.63, 3.8) is 0 Å². The number of aromatic amines is 1. The van der Waals surface area contributed by atoms with E-state index >= 15 is 0 Å². The van der Waals surface area contributed by atoms with Crippen molar-refractivity contribution in [3.8, 4) is 0 Å². The minimum absolute atomic E-state index is 0. The molecule has 21 nitrogen and oxygen atoms in total. The first-order valence-corrected chi connectivity index (χ1v) is 14.6. The molecular formula is C18H26N6Na2O15P2. The van der Waals surface area contributed by atoms with E-state index in [4.69, 9.17) is 14.8 Å². The van der Waals surface area contributed by atoms with Gasteiger partial charge in [-0.25, -0.2) is 9.11 Å². The number of phosphoric ester groups is 2. The zero-order chi connectivity index (χ0) is 30.7. The van der Waals surface area contributed by atoms with Crippen molar-refractivity contribution in [1.82, 2.24) is 14.9 Å². The molecule has 11 atom stereocenters. The molecule has 3 rings (SSSR count). The Kier molecular flexibility index (Phi) is 15.9. The van der Waals surface area contributed by atoms with Crippen LogP contribution in [-0.4, -0.2) is 91.7 Å². The molecule has 2 fully saturated rings. The molecule has 1 aliphatic heterocycles. The summed E-state index contributed by atoms with van der Waals surface area (Å²) in [6.07, 6.45) is -11.4. The Bertz CT molecular complexity index is 1380. The van der Waals surface area contributed by atoms with E-state index in [0.29, 0.717) is 4.57 Å². The Hall–Kier alpha value is -0.480. The van der Waals surface area contributed by atoms with Crippen LogP contribution in [-0.2, 0) is 32.0 Å². The van der Waals surface area contributed by atoms with Crippen LogP contribution in [0, 0.1) is 5.92 Å². The summed E-state index contributed by atoms with van der Waals surface area (Å²) in [5.74, 6) is -1.82. The van der Waals surface area contributed by atoms with Gasteiger partial charge < -0.3 is 49.3 Å². The van der Waals surface area contributed by atoms with Gasteiger partial charge in [0.25, 0.3) is 21.2 Å². The molecule has 11 unspecified atom stereocenters. The van der Waals surface area contributed by atoms with Crippen LogP contribution < -0.4 is 85.5 Å². The molecule has 1 aliphatic carbocycles. The van der Waals surface area contributed by atoms with Crippen molar-refractivity contribution < 1.29 is 121 Å². The van der Waals surface area contributed by atoms with Gasteiger partial charge >= 0.3 is 64.8 Å². The second-order valence-corrected chi connectivity index (χ2v) is 12.0. The van der Waals surface area contributed by atoms with Gasteiger partial charge in [-0.3, -0.25) is 28.3 Å². The fourth-order valence-corrected chi connectivity index (χ4v) is 6.56. The largest absolute Gasteiger partial charge is 1.00 e. The van der Waals surface area contributed by atoms with E-state index < -0.39 is 107 Å². The number of carbonyl (C=O) groups is 1. The molecule has 43 heavy (non-hydrogen) atoms. The molecule has 1 saturated carbocycles. The molecule has 1 amide bonds. The van der Waals surface area contributed by atoms with Gasteiger partial charge in [-0.15, -0.1) is 0 Å². The number of carbonyl (C=O) groups excluding carboxylic acids is 1. The third-order valence-electron chi connectivity index (χ3n) is 6.21. The monoisotopic (exact) mass is 674 g/mol. The quantitative estimate of drug-likeness (QED) is 0.0417. The molecular weight excluding hydrogens is 648 g/mol. The van der Waals surface area contributed by atoms with E-state index in [2.05, 4.69) is 24.2 Å². The fourth-order valence-electron chi connectivity index (χ4n) is 4.36. The first kappa shape index (κ1) is 40.5. The number of phosphoric acid groups is 2.